The van der Waals surface area contributed by atoms with E-state index >= 15 is 0 Å². The molecule has 2 N–H and O–H groups in total. The maximum absolute atomic E-state index is 11.7. The molecule has 0 saturated carbocycles. The van der Waals surface area contributed by atoms with E-state index in [9.17, 15) is 13.2 Å². The third kappa shape index (κ3) is 3.36. The molecule has 1 aromatic rings. The minimum absolute atomic E-state index is 0.239. The van der Waals surface area contributed by atoms with Crippen LogP contribution in [0.1, 0.15) is 6.92 Å². The third-order valence-electron chi connectivity index (χ3n) is 2.22. The largest absolute Gasteiger partial charge is 0.495 e. The Labute approximate surface area is 113 Å². The standard InChI is InChI=1S/C10H12BrNO5S/c1-6(10(13)14)18(15,16)12-7-3-4-8(11)9(5-7)17-2/h3-6,12H,1-2H3,(H,13,14). The van der Waals surface area contributed by atoms with Crippen LogP contribution in [0.25, 0.3) is 0 Å². The molecule has 1 unspecified atom stereocenters. The molecule has 0 saturated heterocycles. The van der Waals surface area contributed by atoms with Crippen molar-refractivity contribution in [3.05, 3.63) is 22.7 Å². The highest BCUT2D eigenvalue weighted by atomic mass is 79.9. The Morgan fingerprint density at radius 1 is 1.50 bits per heavy atom. The van der Waals surface area contributed by atoms with E-state index in [0.29, 0.717) is 10.2 Å². The van der Waals surface area contributed by atoms with Gasteiger partial charge >= 0.3 is 5.97 Å². The van der Waals surface area contributed by atoms with Crippen LogP contribution in [-0.2, 0) is 14.8 Å². The van der Waals surface area contributed by atoms with E-state index in [4.69, 9.17) is 9.84 Å². The normalized spacial score (nSPS) is 12.8. The van der Waals surface area contributed by atoms with Crippen LogP contribution in [0.15, 0.2) is 22.7 Å². The maximum atomic E-state index is 11.7. The van der Waals surface area contributed by atoms with E-state index < -0.39 is 21.2 Å². The van der Waals surface area contributed by atoms with Crippen LogP contribution >= 0.6 is 15.9 Å². The molecule has 0 aliphatic carbocycles. The summed E-state index contributed by atoms with van der Waals surface area (Å²) in [5.41, 5.74) is 0.239. The van der Waals surface area contributed by atoms with Crippen molar-refractivity contribution in [1.82, 2.24) is 0 Å². The zero-order valence-electron chi connectivity index (χ0n) is 9.68. The minimum atomic E-state index is -3.97. The molecule has 0 amide bonds. The molecule has 0 spiro atoms. The predicted octanol–water partition coefficient (Wildman–Crippen LogP) is 1.67. The van der Waals surface area contributed by atoms with Gasteiger partial charge in [-0.15, -0.1) is 0 Å². The number of sulfonamides is 1. The van der Waals surface area contributed by atoms with E-state index in [2.05, 4.69) is 20.7 Å². The van der Waals surface area contributed by atoms with Crippen molar-refractivity contribution in [3.63, 3.8) is 0 Å². The van der Waals surface area contributed by atoms with Crippen LogP contribution in [0, 0.1) is 0 Å². The van der Waals surface area contributed by atoms with E-state index in [1.165, 1.54) is 19.2 Å². The highest BCUT2D eigenvalue weighted by Crippen LogP contribution is 2.28. The zero-order valence-corrected chi connectivity index (χ0v) is 12.1. The number of ether oxygens (including phenoxy) is 1. The van der Waals surface area contributed by atoms with Gasteiger partial charge in [0.15, 0.2) is 5.25 Å². The van der Waals surface area contributed by atoms with E-state index in [1.54, 1.807) is 6.07 Å². The monoisotopic (exact) mass is 337 g/mol. The van der Waals surface area contributed by atoms with Crippen LogP contribution in [0.4, 0.5) is 5.69 Å². The first-order valence-corrected chi connectivity index (χ1v) is 7.20. The summed E-state index contributed by atoms with van der Waals surface area (Å²) in [4.78, 5) is 10.7. The number of hydrogen-bond donors (Lipinski definition) is 2. The van der Waals surface area contributed by atoms with Crippen LogP contribution in [-0.4, -0.2) is 31.9 Å². The first kappa shape index (κ1) is 14.8. The van der Waals surface area contributed by atoms with Gasteiger partial charge in [-0.1, -0.05) is 0 Å². The second-order valence-electron chi connectivity index (χ2n) is 3.48. The molecule has 8 heteroatoms. The highest BCUT2D eigenvalue weighted by Gasteiger charge is 2.27. The third-order valence-corrected chi connectivity index (χ3v) is 4.53. The van der Waals surface area contributed by atoms with Crippen LogP contribution in [0.2, 0.25) is 0 Å². The highest BCUT2D eigenvalue weighted by molar-refractivity contribution is 9.10. The Balaban J connectivity index is 3.01. The quantitative estimate of drug-likeness (QED) is 0.852. The molecule has 1 atom stereocenters. The lowest BCUT2D eigenvalue weighted by Gasteiger charge is -2.12. The lowest BCUT2D eigenvalue weighted by Crippen LogP contribution is -2.32. The summed E-state index contributed by atoms with van der Waals surface area (Å²) in [6.45, 7) is 1.10. The Bertz CT molecular complexity index is 557. The van der Waals surface area contributed by atoms with Gasteiger partial charge in [-0.3, -0.25) is 9.52 Å². The molecular formula is C10H12BrNO5S. The molecule has 0 bridgehead atoms. The number of nitrogens with one attached hydrogen (secondary N) is 1. The fourth-order valence-electron chi connectivity index (χ4n) is 1.11. The van der Waals surface area contributed by atoms with Gasteiger partial charge in [0, 0.05) is 6.07 Å². The molecule has 1 rings (SSSR count). The number of carboxylic acid groups (broad SMARTS) is 1. The van der Waals surface area contributed by atoms with Gasteiger partial charge in [0.05, 0.1) is 17.3 Å². The molecule has 0 aliphatic heterocycles. The van der Waals surface area contributed by atoms with Gasteiger partial charge in [0.25, 0.3) is 0 Å². The molecule has 1 aromatic carbocycles. The van der Waals surface area contributed by atoms with Crippen LogP contribution < -0.4 is 9.46 Å². The van der Waals surface area contributed by atoms with Crippen LogP contribution in [0.3, 0.4) is 0 Å². The SMILES string of the molecule is COc1cc(NS(=O)(=O)C(C)C(=O)O)ccc1Br. The number of aliphatic carboxylic acids is 1. The van der Waals surface area contributed by atoms with Crippen molar-refractivity contribution in [2.75, 3.05) is 11.8 Å². The molecule has 0 fully saturated rings. The predicted molar refractivity (Wildman–Crippen MR) is 70.3 cm³/mol. The molecule has 100 valence electrons. The van der Waals surface area contributed by atoms with E-state index in [0.717, 1.165) is 6.92 Å². The number of carboxylic acids is 1. The average Bonchev–Trinajstić information content (AvgIpc) is 2.30. The fourth-order valence-corrected chi connectivity index (χ4v) is 2.41. The molecule has 0 aliphatic rings. The first-order valence-electron chi connectivity index (χ1n) is 4.86. The van der Waals surface area contributed by atoms with Gasteiger partial charge in [-0.2, -0.15) is 0 Å². The molecule has 0 radical (unpaired) electrons. The smallest absolute Gasteiger partial charge is 0.323 e. The Kier molecular flexibility index (Phi) is 4.58. The summed E-state index contributed by atoms with van der Waals surface area (Å²) in [6, 6.07) is 4.55. The van der Waals surface area contributed by atoms with Crippen molar-refractivity contribution in [1.29, 1.82) is 0 Å². The van der Waals surface area contributed by atoms with Gasteiger partial charge in [-0.05, 0) is 35.0 Å². The van der Waals surface area contributed by atoms with E-state index in [1.807, 2.05) is 0 Å². The second-order valence-corrected chi connectivity index (χ2v) is 6.33. The number of halogens is 1. The summed E-state index contributed by atoms with van der Waals surface area (Å²) in [5, 5.41) is 7.15. The van der Waals surface area contributed by atoms with Crippen molar-refractivity contribution >= 4 is 37.6 Å². The van der Waals surface area contributed by atoms with Gasteiger partial charge < -0.3 is 9.84 Å². The summed E-state index contributed by atoms with van der Waals surface area (Å²) >= 11 is 3.23. The van der Waals surface area contributed by atoms with Crippen molar-refractivity contribution < 1.29 is 23.1 Å². The fraction of sp³-hybridized carbons (Fsp3) is 0.300. The summed E-state index contributed by atoms with van der Waals surface area (Å²) in [6.07, 6.45) is 0. The Hall–Kier alpha value is -1.28. The maximum Gasteiger partial charge on any atom is 0.323 e. The molecule has 0 aromatic heterocycles. The van der Waals surface area contributed by atoms with Crippen molar-refractivity contribution in [2.45, 2.75) is 12.2 Å². The average molecular weight is 338 g/mol. The Morgan fingerprint density at radius 2 is 2.11 bits per heavy atom. The lowest BCUT2D eigenvalue weighted by molar-refractivity contribution is -0.136. The number of benzene rings is 1. The number of carbonyl (C=O) groups is 1. The lowest BCUT2D eigenvalue weighted by atomic mass is 10.3. The number of methoxy groups -OCH3 is 1. The summed E-state index contributed by atoms with van der Waals surface area (Å²) in [5.74, 6) is -0.968. The molecule has 6 nitrogen and oxygen atoms in total. The number of anilines is 1. The summed E-state index contributed by atoms with van der Waals surface area (Å²) in [7, 11) is -2.53. The van der Waals surface area contributed by atoms with Gasteiger partial charge in [0.2, 0.25) is 10.0 Å². The van der Waals surface area contributed by atoms with Gasteiger partial charge in [-0.25, -0.2) is 8.42 Å². The summed E-state index contributed by atoms with van der Waals surface area (Å²) < 4.78 is 31.2. The number of hydrogen-bond acceptors (Lipinski definition) is 4. The zero-order chi connectivity index (χ0) is 13.9. The number of rotatable bonds is 5. The molecule has 0 heterocycles. The van der Waals surface area contributed by atoms with Crippen molar-refractivity contribution in [2.24, 2.45) is 0 Å². The first-order chi connectivity index (χ1) is 8.27. The van der Waals surface area contributed by atoms with Crippen molar-refractivity contribution in [3.8, 4) is 5.75 Å². The van der Waals surface area contributed by atoms with Gasteiger partial charge in [0.1, 0.15) is 5.75 Å². The van der Waals surface area contributed by atoms with E-state index in [-0.39, 0.29) is 5.69 Å². The Morgan fingerprint density at radius 3 is 2.61 bits per heavy atom. The molecular weight excluding hydrogens is 326 g/mol. The second kappa shape index (κ2) is 5.57. The minimum Gasteiger partial charge on any atom is -0.495 e. The van der Waals surface area contributed by atoms with Crippen LogP contribution in [0.5, 0.6) is 5.75 Å². The topological polar surface area (TPSA) is 92.7 Å². The molecule has 18 heavy (non-hydrogen) atoms.